The zero-order valence-electron chi connectivity index (χ0n) is 17.5. The highest BCUT2D eigenvalue weighted by molar-refractivity contribution is 8.01. The molecule has 0 atom stereocenters. The van der Waals surface area contributed by atoms with Gasteiger partial charge in [-0.3, -0.25) is 4.79 Å². The molecule has 0 radical (unpaired) electrons. The van der Waals surface area contributed by atoms with Crippen molar-refractivity contribution in [1.82, 2.24) is 4.98 Å². The van der Waals surface area contributed by atoms with Crippen molar-refractivity contribution in [3.63, 3.8) is 0 Å². The van der Waals surface area contributed by atoms with E-state index in [-0.39, 0.29) is 4.90 Å². The topological polar surface area (TPSA) is 76.1 Å². The van der Waals surface area contributed by atoms with Crippen LogP contribution in [0.3, 0.4) is 0 Å². The Morgan fingerprint density at radius 1 is 1.13 bits per heavy atom. The number of rotatable bonds is 8. The van der Waals surface area contributed by atoms with Crippen LogP contribution in [0.25, 0.3) is 10.2 Å². The third-order valence-electron chi connectivity index (χ3n) is 4.31. The van der Waals surface area contributed by atoms with Crippen LogP contribution in [-0.4, -0.2) is 30.8 Å². The summed E-state index contributed by atoms with van der Waals surface area (Å²) in [5.41, 5.74) is 2.38. The average Bonchev–Trinajstić information content (AvgIpc) is 3.12. The highest BCUT2D eigenvalue weighted by Gasteiger charge is 2.19. The number of thiazole rings is 1. The van der Waals surface area contributed by atoms with Gasteiger partial charge in [0.25, 0.3) is 0 Å². The zero-order valence-corrected chi connectivity index (χ0v) is 19.9. The number of fused-ring (bicyclic) bond motifs is 1. The Labute approximate surface area is 191 Å². The molecule has 5 nitrogen and oxygen atoms in total. The standard InChI is InChI=1S/C23H24N2O3S3/c1-3-4-5-6-7-14-29-23-25-20-13-10-18(15-21(20)30-23)24-22(26)16-31(27,28)19-11-8-17(2)9-12-19/h8-13,15H,3-4,7,14,16H2,1-2H3,(H,24,26). The first-order valence-corrected chi connectivity index (χ1v) is 13.4. The molecule has 2 aromatic carbocycles. The van der Waals surface area contributed by atoms with E-state index in [9.17, 15) is 13.2 Å². The van der Waals surface area contributed by atoms with Crippen LogP contribution in [0, 0.1) is 18.8 Å². The molecule has 0 spiro atoms. The van der Waals surface area contributed by atoms with E-state index in [4.69, 9.17) is 0 Å². The number of anilines is 1. The monoisotopic (exact) mass is 472 g/mol. The lowest BCUT2D eigenvalue weighted by Crippen LogP contribution is -2.23. The van der Waals surface area contributed by atoms with Crippen molar-refractivity contribution in [2.24, 2.45) is 0 Å². The van der Waals surface area contributed by atoms with Gasteiger partial charge in [-0.15, -0.1) is 23.2 Å². The van der Waals surface area contributed by atoms with Gasteiger partial charge in [-0.2, -0.15) is 0 Å². The summed E-state index contributed by atoms with van der Waals surface area (Å²) >= 11 is 3.22. The largest absolute Gasteiger partial charge is 0.325 e. The van der Waals surface area contributed by atoms with Gasteiger partial charge in [0.05, 0.1) is 15.1 Å². The molecule has 31 heavy (non-hydrogen) atoms. The van der Waals surface area contributed by atoms with Gasteiger partial charge in [-0.25, -0.2) is 13.4 Å². The molecular weight excluding hydrogens is 448 g/mol. The average molecular weight is 473 g/mol. The number of sulfone groups is 1. The Hall–Kier alpha value is -2.34. The third kappa shape index (κ3) is 6.82. The van der Waals surface area contributed by atoms with Crippen LogP contribution in [0.4, 0.5) is 5.69 Å². The van der Waals surface area contributed by atoms with Crippen molar-refractivity contribution in [3.05, 3.63) is 48.0 Å². The van der Waals surface area contributed by atoms with Crippen molar-refractivity contribution < 1.29 is 13.2 Å². The van der Waals surface area contributed by atoms with Crippen molar-refractivity contribution in [2.75, 3.05) is 16.8 Å². The molecule has 0 saturated carbocycles. The minimum absolute atomic E-state index is 0.146. The molecule has 1 aromatic heterocycles. The molecule has 0 saturated heterocycles. The molecule has 1 amide bonds. The molecule has 0 fully saturated rings. The molecule has 0 bridgehead atoms. The molecule has 3 aromatic rings. The maximum atomic E-state index is 12.5. The van der Waals surface area contributed by atoms with E-state index in [2.05, 4.69) is 29.1 Å². The number of amides is 1. The maximum Gasteiger partial charge on any atom is 0.239 e. The van der Waals surface area contributed by atoms with Crippen LogP contribution in [0.1, 0.15) is 31.7 Å². The van der Waals surface area contributed by atoms with Crippen LogP contribution in [0.15, 0.2) is 51.7 Å². The van der Waals surface area contributed by atoms with Crippen molar-refractivity contribution >= 4 is 54.7 Å². The molecular formula is C23H24N2O3S3. The number of nitrogens with zero attached hydrogens (tertiary/aromatic N) is 1. The lowest BCUT2D eigenvalue weighted by atomic mass is 10.2. The van der Waals surface area contributed by atoms with Gasteiger partial charge >= 0.3 is 0 Å². The number of thioether (sulfide) groups is 1. The zero-order chi connectivity index (χ0) is 22.3. The number of unbranched alkanes of at least 4 members (excludes halogenated alkanes) is 1. The van der Waals surface area contributed by atoms with E-state index in [0.717, 1.165) is 45.1 Å². The van der Waals surface area contributed by atoms with Crippen molar-refractivity contribution in [1.29, 1.82) is 0 Å². The van der Waals surface area contributed by atoms with Crippen LogP contribution in [-0.2, 0) is 14.6 Å². The molecule has 162 valence electrons. The Balaban J connectivity index is 1.60. The first kappa shape index (κ1) is 23.3. The molecule has 0 unspecified atom stereocenters. The van der Waals surface area contributed by atoms with Gasteiger partial charge in [0.15, 0.2) is 14.2 Å². The Kier molecular flexibility index (Phi) is 8.13. The second-order valence-electron chi connectivity index (χ2n) is 6.98. The van der Waals surface area contributed by atoms with Gasteiger partial charge < -0.3 is 5.32 Å². The van der Waals surface area contributed by atoms with Crippen LogP contribution in [0.2, 0.25) is 0 Å². The lowest BCUT2D eigenvalue weighted by Gasteiger charge is -2.07. The fraction of sp³-hybridized carbons (Fsp3) is 0.304. The van der Waals surface area contributed by atoms with Gasteiger partial charge in [0.1, 0.15) is 5.75 Å². The normalized spacial score (nSPS) is 11.2. The van der Waals surface area contributed by atoms with Gasteiger partial charge in [-0.1, -0.05) is 36.4 Å². The minimum atomic E-state index is -3.69. The van der Waals surface area contributed by atoms with E-state index in [1.807, 2.05) is 19.1 Å². The van der Waals surface area contributed by atoms with E-state index < -0.39 is 21.5 Å². The van der Waals surface area contributed by atoms with E-state index in [1.54, 1.807) is 41.3 Å². The maximum absolute atomic E-state index is 12.5. The fourth-order valence-electron chi connectivity index (χ4n) is 2.73. The first-order valence-electron chi connectivity index (χ1n) is 9.96. The number of carbonyl (C=O) groups is 1. The van der Waals surface area contributed by atoms with E-state index in [1.165, 1.54) is 12.1 Å². The summed E-state index contributed by atoms with van der Waals surface area (Å²) < 4.78 is 26.8. The summed E-state index contributed by atoms with van der Waals surface area (Å²) in [7, 11) is -3.69. The summed E-state index contributed by atoms with van der Waals surface area (Å²) in [6.45, 7) is 3.99. The van der Waals surface area contributed by atoms with Crippen molar-refractivity contribution in [2.45, 2.75) is 42.3 Å². The number of hydrogen-bond acceptors (Lipinski definition) is 6. The van der Waals surface area contributed by atoms with E-state index in [0.29, 0.717) is 5.69 Å². The van der Waals surface area contributed by atoms with Gasteiger partial charge in [0.2, 0.25) is 5.91 Å². The van der Waals surface area contributed by atoms with Gasteiger partial charge in [0, 0.05) is 24.3 Å². The lowest BCUT2D eigenvalue weighted by molar-refractivity contribution is -0.113. The minimum Gasteiger partial charge on any atom is -0.325 e. The fourth-order valence-corrected chi connectivity index (χ4v) is 5.90. The summed E-state index contributed by atoms with van der Waals surface area (Å²) in [6, 6.07) is 11.9. The quantitative estimate of drug-likeness (QED) is 0.273. The molecule has 3 rings (SSSR count). The summed E-state index contributed by atoms with van der Waals surface area (Å²) in [5, 5.41) is 2.69. The highest BCUT2D eigenvalue weighted by atomic mass is 32.2. The number of aryl methyl sites for hydroxylation is 1. The number of benzene rings is 2. The van der Waals surface area contributed by atoms with E-state index >= 15 is 0 Å². The van der Waals surface area contributed by atoms with Crippen LogP contribution < -0.4 is 5.32 Å². The number of hydrogen-bond donors (Lipinski definition) is 1. The molecule has 8 heteroatoms. The Morgan fingerprint density at radius 2 is 1.87 bits per heavy atom. The van der Waals surface area contributed by atoms with Crippen LogP contribution >= 0.6 is 23.1 Å². The highest BCUT2D eigenvalue weighted by Crippen LogP contribution is 2.31. The SMILES string of the molecule is CCCC#CCCSc1nc2ccc(NC(=O)CS(=O)(=O)c3ccc(C)cc3)cc2s1. The smallest absolute Gasteiger partial charge is 0.239 e. The summed E-state index contributed by atoms with van der Waals surface area (Å²) in [6.07, 6.45) is 2.85. The predicted octanol–water partition coefficient (Wildman–Crippen LogP) is 5.30. The third-order valence-corrected chi connectivity index (χ3v) is 8.10. The second kappa shape index (κ2) is 10.8. The van der Waals surface area contributed by atoms with Crippen molar-refractivity contribution in [3.8, 4) is 11.8 Å². The predicted molar refractivity (Wildman–Crippen MR) is 130 cm³/mol. The Bertz CT molecular complexity index is 1220. The molecule has 1 heterocycles. The summed E-state index contributed by atoms with van der Waals surface area (Å²) in [4.78, 5) is 17.1. The number of carbonyl (C=O) groups excluding carboxylic acids is 1. The molecule has 0 aliphatic rings. The second-order valence-corrected chi connectivity index (χ2v) is 11.3. The molecule has 0 aliphatic heterocycles. The van der Waals surface area contributed by atoms with Gasteiger partial charge in [-0.05, 0) is 43.7 Å². The first-order chi connectivity index (χ1) is 14.9. The molecule has 1 N–H and O–H groups in total. The van der Waals surface area contributed by atoms with Crippen LogP contribution in [0.5, 0.6) is 0 Å². The number of nitrogens with one attached hydrogen (secondary N) is 1. The molecule has 0 aliphatic carbocycles. The summed E-state index contributed by atoms with van der Waals surface area (Å²) in [5.74, 6) is 6.02. The Morgan fingerprint density at radius 3 is 2.61 bits per heavy atom. The number of aromatic nitrogens is 1.